The van der Waals surface area contributed by atoms with Crippen LogP contribution in [0.1, 0.15) is 50.3 Å². The van der Waals surface area contributed by atoms with E-state index in [1.165, 1.54) is 0 Å². The van der Waals surface area contributed by atoms with Crippen LogP contribution in [0.2, 0.25) is 0 Å². The van der Waals surface area contributed by atoms with Crippen LogP contribution in [0.15, 0.2) is 0 Å². The Labute approximate surface area is 121 Å². The van der Waals surface area contributed by atoms with Gasteiger partial charge in [-0.15, -0.1) is 0 Å². The first-order chi connectivity index (χ1) is 9.89. The summed E-state index contributed by atoms with van der Waals surface area (Å²) in [6, 6.07) is -0.366. The van der Waals surface area contributed by atoms with Crippen molar-refractivity contribution in [2.75, 3.05) is 6.54 Å². The van der Waals surface area contributed by atoms with Crippen LogP contribution in [0, 0.1) is 0 Å². The molecule has 1 aliphatic heterocycles. The van der Waals surface area contributed by atoms with Crippen molar-refractivity contribution in [2.24, 2.45) is 0 Å². The molecule has 2 N–H and O–H groups in total. The number of alkyl halides is 3. The second-order valence-electron chi connectivity index (χ2n) is 5.47. The monoisotopic (exact) mass is 306 g/mol. The molecule has 120 valence electrons. The van der Waals surface area contributed by atoms with E-state index in [2.05, 4.69) is 22.3 Å². The fourth-order valence-electron chi connectivity index (χ4n) is 2.50. The van der Waals surface area contributed by atoms with E-state index >= 15 is 0 Å². The summed E-state index contributed by atoms with van der Waals surface area (Å²) in [5.41, 5.74) is 0. The molecule has 0 spiro atoms. The van der Waals surface area contributed by atoms with Gasteiger partial charge in [-0.1, -0.05) is 19.8 Å². The van der Waals surface area contributed by atoms with E-state index in [0.29, 0.717) is 25.2 Å². The lowest BCUT2D eigenvalue weighted by atomic mass is 10.2. The molecule has 1 aromatic heterocycles. The van der Waals surface area contributed by atoms with E-state index in [1.807, 2.05) is 0 Å². The smallest absolute Gasteiger partial charge is 0.392 e. The third-order valence-corrected chi connectivity index (χ3v) is 3.50. The molecule has 0 aliphatic carbocycles. The third-order valence-electron chi connectivity index (χ3n) is 3.50. The molecule has 0 unspecified atom stereocenters. The van der Waals surface area contributed by atoms with E-state index in [9.17, 15) is 18.3 Å². The molecule has 2 heterocycles. The zero-order chi connectivity index (χ0) is 15.5. The van der Waals surface area contributed by atoms with Crippen LogP contribution in [0.4, 0.5) is 13.2 Å². The molecule has 1 aliphatic rings. The first-order valence-corrected chi connectivity index (χ1v) is 7.31. The molecular weight excluding hydrogens is 285 g/mol. The zero-order valence-corrected chi connectivity index (χ0v) is 12.0. The predicted octanol–water partition coefficient (Wildman–Crippen LogP) is 1.97. The standard InChI is InChI=1S/C13H21F3N4O/c1-2-3-4-5-11-18-12(10-6-9(21)7-17-10)20(19-11)8-13(14,15)16/h9-10,17,21H,2-8H2,1H3/t9-,10+/m1/s1. The van der Waals surface area contributed by atoms with Gasteiger partial charge in [0.15, 0.2) is 5.82 Å². The van der Waals surface area contributed by atoms with E-state index in [4.69, 9.17) is 0 Å². The van der Waals surface area contributed by atoms with Crippen LogP contribution in [0.25, 0.3) is 0 Å². The van der Waals surface area contributed by atoms with Crippen LogP contribution in [0.3, 0.4) is 0 Å². The second-order valence-corrected chi connectivity index (χ2v) is 5.47. The minimum absolute atomic E-state index is 0.273. The molecule has 0 amide bonds. The maximum atomic E-state index is 12.6. The van der Waals surface area contributed by atoms with E-state index < -0.39 is 18.8 Å². The van der Waals surface area contributed by atoms with Crippen molar-refractivity contribution in [3.8, 4) is 0 Å². The van der Waals surface area contributed by atoms with Gasteiger partial charge in [-0.05, 0) is 12.8 Å². The molecule has 2 atom stereocenters. The lowest BCUT2D eigenvalue weighted by Gasteiger charge is -2.13. The van der Waals surface area contributed by atoms with Crippen molar-refractivity contribution in [1.29, 1.82) is 0 Å². The average Bonchev–Trinajstić information content (AvgIpc) is 2.94. The molecule has 1 saturated heterocycles. The average molecular weight is 306 g/mol. The number of halogens is 3. The molecule has 0 bridgehead atoms. The van der Waals surface area contributed by atoms with Crippen LogP contribution in [0.5, 0.6) is 0 Å². The number of rotatable bonds is 6. The summed E-state index contributed by atoms with van der Waals surface area (Å²) in [6.07, 6.45) is -1.02. The number of β-amino-alcohol motifs (C(OH)–C–C–N with tert-alkyl or cyclic N) is 1. The van der Waals surface area contributed by atoms with Crippen molar-refractivity contribution in [3.05, 3.63) is 11.6 Å². The third kappa shape index (κ3) is 4.67. The highest BCUT2D eigenvalue weighted by molar-refractivity contribution is 5.03. The lowest BCUT2D eigenvalue weighted by molar-refractivity contribution is -0.143. The summed E-state index contributed by atoms with van der Waals surface area (Å²) in [6.45, 7) is 1.29. The summed E-state index contributed by atoms with van der Waals surface area (Å²) >= 11 is 0. The fourth-order valence-corrected chi connectivity index (χ4v) is 2.50. The Morgan fingerprint density at radius 1 is 1.38 bits per heavy atom. The topological polar surface area (TPSA) is 63.0 Å². The Morgan fingerprint density at radius 3 is 2.71 bits per heavy atom. The number of aliphatic hydroxyl groups is 1. The summed E-state index contributed by atoms with van der Waals surface area (Å²) in [7, 11) is 0. The minimum atomic E-state index is -4.33. The molecule has 0 saturated carbocycles. The Balaban J connectivity index is 2.14. The molecule has 1 fully saturated rings. The SMILES string of the molecule is CCCCCc1nc([C@@H]2C[C@@H](O)CN2)n(CC(F)(F)F)n1. The zero-order valence-electron chi connectivity index (χ0n) is 12.0. The van der Waals surface area contributed by atoms with Crippen molar-refractivity contribution in [2.45, 2.75) is 63.9 Å². The van der Waals surface area contributed by atoms with Crippen molar-refractivity contribution < 1.29 is 18.3 Å². The van der Waals surface area contributed by atoms with Gasteiger partial charge in [-0.25, -0.2) is 9.67 Å². The Bertz CT molecular complexity index is 461. The van der Waals surface area contributed by atoms with Gasteiger partial charge in [0, 0.05) is 13.0 Å². The minimum Gasteiger partial charge on any atom is -0.392 e. The normalized spacial score (nSPS) is 22.9. The lowest BCUT2D eigenvalue weighted by Crippen LogP contribution is -2.24. The van der Waals surface area contributed by atoms with Gasteiger partial charge in [0.25, 0.3) is 0 Å². The quantitative estimate of drug-likeness (QED) is 0.789. The van der Waals surface area contributed by atoms with Gasteiger partial charge in [0.1, 0.15) is 12.4 Å². The molecule has 5 nitrogen and oxygen atoms in total. The molecule has 0 radical (unpaired) electrons. The Hall–Kier alpha value is -1.15. The van der Waals surface area contributed by atoms with Crippen molar-refractivity contribution >= 4 is 0 Å². The number of hydrogen-bond acceptors (Lipinski definition) is 4. The van der Waals surface area contributed by atoms with Crippen LogP contribution in [-0.2, 0) is 13.0 Å². The number of aryl methyl sites for hydroxylation is 1. The molecular formula is C13H21F3N4O. The molecule has 21 heavy (non-hydrogen) atoms. The maximum Gasteiger partial charge on any atom is 0.408 e. The van der Waals surface area contributed by atoms with Gasteiger partial charge in [-0.3, -0.25) is 0 Å². The van der Waals surface area contributed by atoms with Crippen molar-refractivity contribution in [3.63, 3.8) is 0 Å². The summed E-state index contributed by atoms with van der Waals surface area (Å²) in [5, 5.41) is 16.5. The van der Waals surface area contributed by atoms with Gasteiger partial charge < -0.3 is 10.4 Å². The maximum absolute atomic E-state index is 12.6. The van der Waals surface area contributed by atoms with E-state index in [1.54, 1.807) is 0 Å². The fraction of sp³-hybridized carbons (Fsp3) is 0.846. The summed E-state index contributed by atoms with van der Waals surface area (Å²) in [5.74, 6) is 0.723. The highest BCUT2D eigenvalue weighted by atomic mass is 19.4. The Kier molecular flexibility index (Phi) is 5.21. The molecule has 8 heteroatoms. The van der Waals surface area contributed by atoms with E-state index in [-0.39, 0.29) is 11.9 Å². The van der Waals surface area contributed by atoms with Crippen LogP contribution < -0.4 is 5.32 Å². The predicted molar refractivity (Wildman–Crippen MR) is 70.7 cm³/mol. The number of aliphatic hydroxyl groups excluding tert-OH is 1. The highest BCUT2D eigenvalue weighted by Gasteiger charge is 2.34. The second kappa shape index (κ2) is 6.74. The Morgan fingerprint density at radius 2 is 2.14 bits per heavy atom. The molecule has 1 aromatic rings. The number of aromatic nitrogens is 3. The van der Waals surface area contributed by atoms with Crippen LogP contribution >= 0.6 is 0 Å². The molecule has 0 aromatic carbocycles. The van der Waals surface area contributed by atoms with E-state index in [0.717, 1.165) is 23.9 Å². The number of hydrogen-bond donors (Lipinski definition) is 2. The summed E-state index contributed by atoms with van der Waals surface area (Å²) in [4.78, 5) is 4.26. The van der Waals surface area contributed by atoms with Crippen molar-refractivity contribution in [1.82, 2.24) is 20.1 Å². The van der Waals surface area contributed by atoms with Gasteiger partial charge >= 0.3 is 6.18 Å². The number of nitrogens with one attached hydrogen (secondary N) is 1. The van der Waals surface area contributed by atoms with Gasteiger partial charge in [0.05, 0.1) is 12.1 Å². The number of nitrogens with zero attached hydrogens (tertiary/aromatic N) is 3. The first kappa shape index (κ1) is 16.2. The van der Waals surface area contributed by atoms with Gasteiger partial charge in [0.2, 0.25) is 0 Å². The van der Waals surface area contributed by atoms with Gasteiger partial charge in [-0.2, -0.15) is 18.3 Å². The largest absolute Gasteiger partial charge is 0.408 e. The summed E-state index contributed by atoms with van der Waals surface area (Å²) < 4.78 is 38.9. The number of unbranched alkanes of at least 4 members (excludes halogenated alkanes) is 2. The van der Waals surface area contributed by atoms with Crippen LogP contribution in [-0.4, -0.2) is 38.7 Å². The molecule has 2 rings (SSSR count). The first-order valence-electron chi connectivity index (χ1n) is 7.31. The highest BCUT2D eigenvalue weighted by Crippen LogP contribution is 2.25.